The number of nitrogens with one attached hydrogen (secondary N) is 3. The van der Waals surface area contributed by atoms with Crippen molar-refractivity contribution in [2.75, 3.05) is 47.4 Å². The Morgan fingerprint density at radius 2 is 1.70 bits per heavy atom. The minimum absolute atomic E-state index is 0. The van der Waals surface area contributed by atoms with Gasteiger partial charge in [-0.3, -0.25) is 4.99 Å². The minimum Gasteiger partial charge on any atom is -0.444 e. The van der Waals surface area contributed by atoms with Crippen molar-refractivity contribution in [1.82, 2.24) is 20.9 Å². The van der Waals surface area contributed by atoms with Gasteiger partial charge in [0, 0.05) is 33.3 Å². The van der Waals surface area contributed by atoms with Gasteiger partial charge in [-0.1, -0.05) is 13.8 Å². The molecule has 0 saturated heterocycles. The van der Waals surface area contributed by atoms with Crippen LogP contribution < -0.4 is 16.0 Å². The molecule has 0 spiro atoms. The number of alkyl carbamates (subject to hydrolysis) is 1. The number of aliphatic imine (C=N–C) groups is 1. The van der Waals surface area contributed by atoms with Gasteiger partial charge in [0.15, 0.2) is 5.96 Å². The maximum absolute atomic E-state index is 12.3. The molecule has 0 aliphatic heterocycles. The van der Waals surface area contributed by atoms with Crippen LogP contribution >= 0.6 is 24.0 Å². The molecule has 180 valence electrons. The molecule has 8 nitrogen and oxygen atoms in total. The number of amides is 1. The Kier molecular flexibility index (Phi) is 16.6. The van der Waals surface area contributed by atoms with Gasteiger partial charge in [0.2, 0.25) is 0 Å². The van der Waals surface area contributed by atoms with Gasteiger partial charge in [0.25, 0.3) is 0 Å². The van der Waals surface area contributed by atoms with Gasteiger partial charge < -0.3 is 30.3 Å². The number of carbonyl (C=O) groups excluding carboxylic acids is 1. The second kappa shape index (κ2) is 15.9. The Hall–Kier alpha value is -0.810. The second-order valence-electron chi connectivity index (χ2n) is 8.59. The standard InChI is InChI=1S/C21H45N5O3.HI/c1-10-21(11-2,25-19(27)29-20(4,5)6)16-24-18(22-7)23-15-17(28-12-3)13-14-26(8)9;/h17H,10-16H2,1-9H3,(H,25,27)(H2,22,23,24);1H. The lowest BCUT2D eigenvalue weighted by Gasteiger charge is -2.34. The Morgan fingerprint density at radius 3 is 2.13 bits per heavy atom. The van der Waals surface area contributed by atoms with Crippen molar-refractivity contribution in [2.24, 2.45) is 4.99 Å². The van der Waals surface area contributed by atoms with Crippen molar-refractivity contribution in [2.45, 2.75) is 78.0 Å². The molecule has 0 rings (SSSR count). The first-order chi connectivity index (χ1) is 13.5. The predicted octanol–water partition coefficient (Wildman–Crippen LogP) is 3.21. The van der Waals surface area contributed by atoms with Gasteiger partial charge >= 0.3 is 6.09 Å². The molecule has 0 saturated carbocycles. The normalized spacial score (nSPS) is 13.5. The Balaban J connectivity index is 0. The summed E-state index contributed by atoms with van der Waals surface area (Å²) in [5.41, 5.74) is -0.937. The Morgan fingerprint density at radius 1 is 1.10 bits per heavy atom. The highest BCUT2D eigenvalue weighted by atomic mass is 127. The monoisotopic (exact) mass is 543 g/mol. The van der Waals surface area contributed by atoms with E-state index in [2.05, 4.69) is 53.8 Å². The molecule has 0 aliphatic carbocycles. The molecule has 30 heavy (non-hydrogen) atoms. The number of rotatable bonds is 12. The lowest BCUT2D eigenvalue weighted by atomic mass is 9.93. The van der Waals surface area contributed by atoms with Crippen LogP contribution in [0.4, 0.5) is 4.79 Å². The summed E-state index contributed by atoms with van der Waals surface area (Å²) in [6, 6.07) is 0. The summed E-state index contributed by atoms with van der Waals surface area (Å²) in [5.74, 6) is 0.691. The van der Waals surface area contributed by atoms with Crippen molar-refractivity contribution in [1.29, 1.82) is 0 Å². The van der Waals surface area contributed by atoms with Crippen LogP contribution in [0.2, 0.25) is 0 Å². The lowest BCUT2D eigenvalue weighted by Crippen LogP contribution is -2.57. The summed E-state index contributed by atoms with van der Waals surface area (Å²) in [4.78, 5) is 18.8. The lowest BCUT2D eigenvalue weighted by molar-refractivity contribution is 0.0448. The van der Waals surface area contributed by atoms with Gasteiger partial charge in [-0.2, -0.15) is 0 Å². The molecule has 0 aliphatic rings. The molecule has 0 radical (unpaired) electrons. The van der Waals surface area contributed by atoms with Gasteiger partial charge in [0.05, 0.1) is 11.6 Å². The van der Waals surface area contributed by atoms with Crippen molar-refractivity contribution >= 4 is 36.0 Å². The molecule has 3 N–H and O–H groups in total. The van der Waals surface area contributed by atoms with E-state index in [9.17, 15) is 4.79 Å². The molecule has 0 aromatic carbocycles. The highest BCUT2D eigenvalue weighted by Crippen LogP contribution is 2.16. The first-order valence-electron chi connectivity index (χ1n) is 10.7. The molecular formula is C21H46IN5O3. The summed E-state index contributed by atoms with van der Waals surface area (Å²) in [6.07, 6.45) is 2.21. The van der Waals surface area contributed by atoms with Crippen LogP contribution in [0.25, 0.3) is 0 Å². The van der Waals surface area contributed by atoms with E-state index in [0.717, 1.165) is 25.8 Å². The third-order valence-electron chi connectivity index (χ3n) is 4.74. The second-order valence-corrected chi connectivity index (χ2v) is 8.59. The molecule has 1 unspecified atom stereocenters. The Bertz CT molecular complexity index is 492. The van der Waals surface area contributed by atoms with Crippen LogP contribution in [-0.2, 0) is 9.47 Å². The average Bonchev–Trinajstić information content (AvgIpc) is 2.63. The van der Waals surface area contributed by atoms with Gasteiger partial charge in [-0.05, 0) is 61.1 Å². The van der Waals surface area contributed by atoms with Gasteiger partial charge in [-0.25, -0.2) is 4.79 Å². The smallest absolute Gasteiger partial charge is 0.408 e. The van der Waals surface area contributed by atoms with Crippen LogP contribution in [0.3, 0.4) is 0 Å². The zero-order valence-corrected chi connectivity index (χ0v) is 22.9. The average molecular weight is 544 g/mol. The minimum atomic E-state index is -0.525. The first kappa shape index (κ1) is 31.4. The van der Waals surface area contributed by atoms with E-state index in [0.29, 0.717) is 25.7 Å². The summed E-state index contributed by atoms with van der Waals surface area (Å²) in [5, 5.41) is 9.73. The van der Waals surface area contributed by atoms with Crippen LogP contribution in [0.1, 0.15) is 60.8 Å². The highest BCUT2D eigenvalue weighted by Gasteiger charge is 2.30. The molecule has 0 heterocycles. The first-order valence-corrected chi connectivity index (χ1v) is 10.7. The van der Waals surface area contributed by atoms with E-state index >= 15 is 0 Å². The zero-order chi connectivity index (χ0) is 22.5. The number of hydrogen-bond donors (Lipinski definition) is 3. The van der Waals surface area contributed by atoms with E-state index in [-0.39, 0.29) is 30.1 Å². The third kappa shape index (κ3) is 14.2. The number of hydrogen-bond acceptors (Lipinski definition) is 5. The Labute approximate surface area is 201 Å². The SMILES string of the molecule is CCOC(CCN(C)C)CNC(=NC)NCC(CC)(CC)NC(=O)OC(C)(C)C.I. The van der Waals surface area contributed by atoms with E-state index < -0.39 is 17.2 Å². The van der Waals surface area contributed by atoms with Crippen molar-refractivity contribution < 1.29 is 14.3 Å². The predicted molar refractivity (Wildman–Crippen MR) is 136 cm³/mol. The number of halogens is 1. The number of carbonyl (C=O) groups is 1. The van der Waals surface area contributed by atoms with Gasteiger partial charge in [-0.15, -0.1) is 24.0 Å². The molecule has 0 fully saturated rings. The topological polar surface area (TPSA) is 87.2 Å². The van der Waals surface area contributed by atoms with Crippen LogP contribution in [0, 0.1) is 0 Å². The fourth-order valence-corrected chi connectivity index (χ4v) is 2.81. The molecular weight excluding hydrogens is 497 g/mol. The zero-order valence-electron chi connectivity index (χ0n) is 20.6. The molecule has 1 amide bonds. The van der Waals surface area contributed by atoms with E-state index in [1.807, 2.05) is 27.7 Å². The van der Waals surface area contributed by atoms with Gasteiger partial charge in [0.1, 0.15) is 5.60 Å². The number of guanidine groups is 1. The fraction of sp³-hybridized carbons (Fsp3) is 0.905. The largest absolute Gasteiger partial charge is 0.444 e. The summed E-state index contributed by atoms with van der Waals surface area (Å²) in [6.45, 7) is 14.6. The third-order valence-corrected chi connectivity index (χ3v) is 4.74. The van der Waals surface area contributed by atoms with Crippen LogP contribution in [-0.4, -0.2) is 81.6 Å². The summed E-state index contributed by atoms with van der Waals surface area (Å²) in [7, 11) is 5.86. The van der Waals surface area contributed by atoms with Crippen molar-refractivity contribution in [3.05, 3.63) is 0 Å². The van der Waals surface area contributed by atoms with Crippen LogP contribution in [0.15, 0.2) is 4.99 Å². The molecule has 0 bridgehead atoms. The summed E-state index contributed by atoms with van der Waals surface area (Å²) >= 11 is 0. The van der Waals surface area contributed by atoms with E-state index in [1.54, 1.807) is 7.05 Å². The molecule has 9 heteroatoms. The quantitative estimate of drug-likeness (QED) is 0.199. The van der Waals surface area contributed by atoms with E-state index in [1.165, 1.54) is 0 Å². The number of nitrogens with zero attached hydrogens (tertiary/aromatic N) is 2. The van der Waals surface area contributed by atoms with Crippen LogP contribution in [0.5, 0.6) is 0 Å². The maximum Gasteiger partial charge on any atom is 0.408 e. The molecule has 1 atom stereocenters. The van der Waals surface area contributed by atoms with Crippen molar-refractivity contribution in [3.8, 4) is 0 Å². The van der Waals surface area contributed by atoms with E-state index in [4.69, 9.17) is 9.47 Å². The molecule has 0 aromatic heterocycles. The highest BCUT2D eigenvalue weighted by molar-refractivity contribution is 14.0. The summed E-state index contributed by atoms with van der Waals surface area (Å²) < 4.78 is 11.3. The van der Waals surface area contributed by atoms with Crippen molar-refractivity contribution in [3.63, 3.8) is 0 Å². The fourth-order valence-electron chi connectivity index (χ4n) is 2.81. The number of ether oxygens (including phenoxy) is 2. The molecule has 0 aromatic rings. The maximum atomic E-state index is 12.3.